The molecule has 0 saturated heterocycles. The second kappa shape index (κ2) is 21.3. The van der Waals surface area contributed by atoms with Gasteiger partial charge in [-0.25, -0.2) is 0 Å². The molecule has 1 heteroatoms. The van der Waals surface area contributed by atoms with E-state index in [9.17, 15) is 5.11 Å². The van der Waals surface area contributed by atoms with Crippen LogP contribution in [0.25, 0.3) is 0 Å². The van der Waals surface area contributed by atoms with Crippen LogP contribution in [0.15, 0.2) is 24.3 Å². The zero-order chi connectivity index (χ0) is 24.7. The molecule has 0 aliphatic heterocycles. The van der Waals surface area contributed by atoms with Crippen LogP contribution in [-0.4, -0.2) is 5.11 Å². The Balaban J connectivity index is 2.78. The van der Waals surface area contributed by atoms with Gasteiger partial charge in [0, 0.05) is 5.56 Å². The lowest BCUT2D eigenvalue weighted by atomic mass is 9.69. The summed E-state index contributed by atoms with van der Waals surface area (Å²) < 4.78 is 0. The molecule has 0 aromatic heterocycles. The minimum atomic E-state index is 0.170. The fourth-order valence-electron chi connectivity index (χ4n) is 5.79. The number of hydrogen-bond acceptors (Lipinski definition) is 1. The predicted molar refractivity (Wildman–Crippen MR) is 153 cm³/mol. The van der Waals surface area contributed by atoms with Crippen LogP contribution in [0.5, 0.6) is 5.75 Å². The van der Waals surface area contributed by atoms with Crippen LogP contribution in [0.1, 0.15) is 174 Å². The summed E-state index contributed by atoms with van der Waals surface area (Å²) in [6, 6.07) is 8.33. The quantitative estimate of drug-likeness (QED) is 0.148. The third kappa shape index (κ3) is 13.8. The predicted octanol–water partition coefficient (Wildman–Crippen LogP) is 11.7. The molecule has 1 N–H and O–H groups in total. The molecular formula is C33H60O. The number of phenolic OH excluding ortho intramolecular Hbond substituents is 1. The van der Waals surface area contributed by atoms with E-state index >= 15 is 0 Å². The van der Waals surface area contributed by atoms with Crippen LogP contribution in [0.4, 0.5) is 0 Å². The van der Waals surface area contributed by atoms with Crippen LogP contribution in [-0.2, 0) is 5.41 Å². The Morgan fingerprint density at radius 3 is 1.15 bits per heavy atom. The van der Waals surface area contributed by atoms with Crippen molar-refractivity contribution in [3.8, 4) is 5.75 Å². The van der Waals surface area contributed by atoms with E-state index in [0.29, 0.717) is 5.75 Å². The average Bonchev–Trinajstić information content (AvgIpc) is 2.85. The van der Waals surface area contributed by atoms with E-state index in [-0.39, 0.29) is 5.41 Å². The fraction of sp³-hybridized carbons (Fsp3) is 0.818. The highest BCUT2D eigenvalue weighted by Gasteiger charge is 2.33. The van der Waals surface area contributed by atoms with Gasteiger partial charge in [0.05, 0.1) is 0 Å². The molecule has 34 heavy (non-hydrogen) atoms. The summed E-state index contributed by atoms with van der Waals surface area (Å²) in [6.07, 6.45) is 31.0. The minimum absolute atomic E-state index is 0.170. The number of phenols is 1. The molecule has 0 saturated carbocycles. The van der Waals surface area contributed by atoms with E-state index in [1.54, 1.807) is 0 Å². The van der Waals surface area contributed by atoms with Gasteiger partial charge in [-0.2, -0.15) is 0 Å². The zero-order valence-corrected chi connectivity index (χ0v) is 23.5. The van der Waals surface area contributed by atoms with Crippen molar-refractivity contribution in [3.05, 3.63) is 29.8 Å². The lowest BCUT2D eigenvalue weighted by Gasteiger charge is -2.36. The fourth-order valence-corrected chi connectivity index (χ4v) is 5.79. The van der Waals surface area contributed by atoms with Gasteiger partial charge in [0.1, 0.15) is 5.75 Å². The first-order chi connectivity index (χ1) is 16.7. The summed E-state index contributed by atoms with van der Waals surface area (Å²) in [5.74, 6) is 0.541. The first-order valence-corrected chi connectivity index (χ1v) is 15.5. The molecule has 0 heterocycles. The molecule has 1 aromatic carbocycles. The Labute approximate surface area is 214 Å². The van der Waals surface area contributed by atoms with Crippen molar-refractivity contribution in [2.75, 3.05) is 0 Å². The molecule has 0 atom stereocenters. The third-order valence-electron chi connectivity index (χ3n) is 8.00. The van der Waals surface area contributed by atoms with Gasteiger partial charge in [-0.3, -0.25) is 0 Å². The van der Waals surface area contributed by atoms with E-state index in [1.807, 2.05) is 12.1 Å². The van der Waals surface area contributed by atoms with Gasteiger partial charge in [-0.05, 0) is 30.7 Å². The Bertz CT molecular complexity index is 545. The summed E-state index contributed by atoms with van der Waals surface area (Å²) >= 11 is 0. The van der Waals surface area contributed by atoms with Crippen molar-refractivity contribution in [1.82, 2.24) is 0 Å². The molecule has 0 radical (unpaired) electrons. The van der Waals surface area contributed by atoms with E-state index in [4.69, 9.17) is 0 Å². The topological polar surface area (TPSA) is 20.2 Å². The first-order valence-electron chi connectivity index (χ1n) is 15.5. The Hall–Kier alpha value is -0.980. The molecule has 0 aliphatic carbocycles. The van der Waals surface area contributed by atoms with E-state index in [2.05, 4.69) is 32.9 Å². The molecule has 0 fully saturated rings. The van der Waals surface area contributed by atoms with Gasteiger partial charge in [-0.1, -0.05) is 167 Å². The first kappa shape index (κ1) is 31.1. The molecule has 0 aliphatic rings. The van der Waals surface area contributed by atoms with Crippen molar-refractivity contribution < 1.29 is 5.11 Å². The van der Waals surface area contributed by atoms with Crippen LogP contribution in [0, 0.1) is 0 Å². The van der Waals surface area contributed by atoms with Gasteiger partial charge in [0.15, 0.2) is 0 Å². The van der Waals surface area contributed by atoms with Crippen molar-refractivity contribution in [2.24, 2.45) is 0 Å². The molecule has 1 rings (SSSR count). The molecule has 1 nitrogen and oxygen atoms in total. The van der Waals surface area contributed by atoms with E-state index < -0.39 is 0 Å². The summed E-state index contributed by atoms with van der Waals surface area (Å²) in [6.45, 7) is 6.90. The number of benzene rings is 1. The molecule has 0 unspecified atom stereocenters. The SMILES string of the molecule is CCCCCCCCCC(CCCCCCCC)(CCCCCCCCC)c1ccccc1O. The summed E-state index contributed by atoms with van der Waals surface area (Å²) in [7, 11) is 0. The summed E-state index contributed by atoms with van der Waals surface area (Å²) in [5.41, 5.74) is 1.42. The second-order valence-electron chi connectivity index (χ2n) is 11.1. The molecule has 0 spiro atoms. The van der Waals surface area contributed by atoms with Crippen molar-refractivity contribution in [3.63, 3.8) is 0 Å². The molecule has 198 valence electrons. The summed E-state index contributed by atoms with van der Waals surface area (Å²) in [5, 5.41) is 10.9. The number of aromatic hydroxyl groups is 1. The van der Waals surface area contributed by atoms with Gasteiger partial charge in [-0.15, -0.1) is 0 Å². The molecular weight excluding hydrogens is 412 g/mol. The maximum absolute atomic E-state index is 10.9. The maximum Gasteiger partial charge on any atom is 0.119 e. The Morgan fingerprint density at radius 2 is 0.794 bits per heavy atom. The largest absolute Gasteiger partial charge is 0.508 e. The number of hydrogen-bond donors (Lipinski definition) is 1. The third-order valence-corrected chi connectivity index (χ3v) is 8.00. The molecule has 0 bridgehead atoms. The normalized spacial score (nSPS) is 11.9. The highest BCUT2D eigenvalue weighted by molar-refractivity contribution is 5.38. The van der Waals surface area contributed by atoms with Crippen LogP contribution >= 0.6 is 0 Å². The number of rotatable bonds is 24. The van der Waals surface area contributed by atoms with Crippen molar-refractivity contribution in [1.29, 1.82) is 0 Å². The van der Waals surface area contributed by atoms with Crippen LogP contribution in [0.3, 0.4) is 0 Å². The van der Waals surface area contributed by atoms with Gasteiger partial charge >= 0.3 is 0 Å². The van der Waals surface area contributed by atoms with Crippen molar-refractivity contribution >= 4 is 0 Å². The maximum atomic E-state index is 10.9. The Morgan fingerprint density at radius 1 is 0.471 bits per heavy atom. The standard InChI is InChI=1S/C33H60O/c1-4-7-10-13-16-19-24-29-33(28-23-18-15-12-9-6-3,31-26-21-22-27-32(31)34)30-25-20-17-14-11-8-5-2/h21-22,26-27,34H,4-20,23-25,28-30H2,1-3H3. The van der Waals surface area contributed by atoms with E-state index in [0.717, 1.165) is 0 Å². The number of para-hydroxylation sites is 1. The average molecular weight is 473 g/mol. The lowest BCUT2D eigenvalue weighted by molar-refractivity contribution is 0.289. The van der Waals surface area contributed by atoms with Crippen LogP contribution in [0.2, 0.25) is 0 Å². The monoisotopic (exact) mass is 472 g/mol. The van der Waals surface area contributed by atoms with Gasteiger partial charge in [0.25, 0.3) is 0 Å². The Kier molecular flexibility index (Phi) is 19.5. The van der Waals surface area contributed by atoms with Crippen LogP contribution < -0.4 is 0 Å². The highest BCUT2D eigenvalue weighted by atomic mass is 16.3. The van der Waals surface area contributed by atoms with Gasteiger partial charge in [0.2, 0.25) is 0 Å². The molecule has 0 amide bonds. The smallest absolute Gasteiger partial charge is 0.119 e. The second-order valence-corrected chi connectivity index (χ2v) is 11.1. The van der Waals surface area contributed by atoms with Gasteiger partial charge < -0.3 is 5.11 Å². The van der Waals surface area contributed by atoms with E-state index in [1.165, 1.54) is 153 Å². The zero-order valence-electron chi connectivity index (χ0n) is 23.5. The summed E-state index contributed by atoms with van der Waals surface area (Å²) in [4.78, 5) is 0. The minimum Gasteiger partial charge on any atom is -0.508 e. The van der Waals surface area contributed by atoms with Crippen molar-refractivity contribution in [2.45, 2.75) is 174 Å². The number of unbranched alkanes of at least 4 members (excludes halogenated alkanes) is 17. The molecule has 1 aromatic rings. The highest BCUT2D eigenvalue weighted by Crippen LogP contribution is 2.44. The lowest BCUT2D eigenvalue weighted by Crippen LogP contribution is -2.27.